The number of aromatic nitrogens is 1. The molecule has 0 aliphatic carbocycles. The lowest BCUT2D eigenvalue weighted by Crippen LogP contribution is -2.11. The molecule has 0 bridgehead atoms. The van der Waals surface area contributed by atoms with Crippen LogP contribution in [0.15, 0.2) is 101 Å². The van der Waals surface area contributed by atoms with Gasteiger partial charge in [0.05, 0.1) is 0 Å². The molecule has 4 nitrogen and oxygen atoms in total. The summed E-state index contributed by atoms with van der Waals surface area (Å²) in [5, 5.41) is 2.98. The molecular formula is C30H26N2O2. The molecule has 1 atom stereocenters. The zero-order valence-corrected chi connectivity index (χ0v) is 19.3. The van der Waals surface area contributed by atoms with E-state index in [0.717, 1.165) is 34.2 Å². The van der Waals surface area contributed by atoms with Crippen molar-refractivity contribution in [3.8, 4) is 22.6 Å². The van der Waals surface area contributed by atoms with E-state index in [9.17, 15) is 4.79 Å². The van der Waals surface area contributed by atoms with Crippen LogP contribution in [-0.4, -0.2) is 10.9 Å². The van der Waals surface area contributed by atoms with E-state index in [4.69, 9.17) is 9.40 Å². The lowest BCUT2D eigenvalue weighted by atomic mass is 9.98. The number of carbonyl (C=O) groups is 1. The number of hydrogen-bond acceptors (Lipinski definition) is 3. The second kappa shape index (κ2) is 9.36. The molecule has 1 amide bonds. The molecule has 0 aliphatic heterocycles. The fourth-order valence-corrected chi connectivity index (χ4v) is 3.99. The van der Waals surface area contributed by atoms with Crippen molar-refractivity contribution in [2.45, 2.75) is 26.2 Å². The average molecular weight is 447 g/mol. The molecule has 5 rings (SSSR count). The lowest BCUT2D eigenvalue weighted by Gasteiger charge is -2.07. The molecule has 0 spiro atoms. The number of rotatable bonds is 6. The standard InChI is InChI=1S/C30H26N2O2/c1-3-20(2)24-16-17-28-27(19-24)32-30(34-28)25-10-7-11-26(18-25)31-29(33)23-14-12-22(13-15-23)21-8-5-4-6-9-21/h4-20H,3H2,1-2H3,(H,31,33)/t20-/m0/s1. The SMILES string of the molecule is CC[C@H](C)c1ccc2oc(-c3cccc(NC(=O)c4ccc(-c5ccccc5)cc4)c3)nc2c1. The maximum Gasteiger partial charge on any atom is 0.255 e. The Morgan fingerprint density at radius 3 is 2.35 bits per heavy atom. The van der Waals surface area contributed by atoms with Crippen molar-refractivity contribution >= 4 is 22.7 Å². The lowest BCUT2D eigenvalue weighted by molar-refractivity contribution is 0.102. The highest BCUT2D eigenvalue weighted by Crippen LogP contribution is 2.29. The summed E-state index contributed by atoms with van der Waals surface area (Å²) in [4.78, 5) is 17.5. The molecular weight excluding hydrogens is 420 g/mol. The number of nitrogens with one attached hydrogen (secondary N) is 1. The fourth-order valence-electron chi connectivity index (χ4n) is 3.99. The third-order valence-electron chi connectivity index (χ3n) is 6.21. The van der Waals surface area contributed by atoms with Gasteiger partial charge in [-0.05, 0) is 71.5 Å². The predicted molar refractivity (Wildman–Crippen MR) is 138 cm³/mol. The average Bonchev–Trinajstić information content (AvgIpc) is 3.32. The van der Waals surface area contributed by atoms with Gasteiger partial charge < -0.3 is 9.73 Å². The van der Waals surface area contributed by atoms with Gasteiger partial charge in [0.15, 0.2) is 5.58 Å². The summed E-state index contributed by atoms with van der Waals surface area (Å²) in [6.07, 6.45) is 1.08. The second-order valence-corrected chi connectivity index (χ2v) is 8.53. The van der Waals surface area contributed by atoms with Crippen molar-refractivity contribution in [2.24, 2.45) is 0 Å². The molecule has 0 aliphatic rings. The van der Waals surface area contributed by atoms with Crippen LogP contribution in [0.25, 0.3) is 33.7 Å². The summed E-state index contributed by atoms with van der Waals surface area (Å²) in [5.41, 5.74) is 7.17. The molecule has 1 N–H and O–H groups in total. The van der Waals surface area contributed by atoms with Crippen LogP contribution in [0.1, 0.15) is 42.1 Å². The third-order valence-corrected chi connectivity index (χ3v) is 6.21. The van der Waals surface area contributed by atoms with Crippen LogP contribution >= 0.6 is 0 Å². The van der Waals surface area contributed by atoms with E-state index in [-0.39, 0.29) is 5.91 Å². The van der Waals surface area contributed by atoms with Gasteiger partial charge in [-0.1, -0.05) is 68.4 Å². The number of amides is 1. The van der Waals surface area contributed by atoms with Gasteiger partial charge in [-0.2, -0.15) is 0 Å². The summed E-state index contributed by atoms with van der Waals surface area (Å²) in [7, 11) is 0. The minimum absolute atomic E-state index is 0.160. The highest BCUT2D eigenvalue weighted by atomic mass is 16.3. The topological polar surface area (TPSA) is 55.1 Å². The van der Waals surface area contributed by atoms with E-state index in [1.165, 1.54) is 5.56 Å². The van der Waals surface area contributed by atoms with E-state index < -0.39 is 0 Å². The highest BCUT2D eigenvalue weighted by Gasteiger charge is 2.13. The van der Waals surface area contributed by atoms with Crippen LogP contribution < -0.4 is 5.32 Å². The Labute approximate surface area is 199 Å². The molecule has 1 aromatic heterocycles. The van der Waals surface area contributed by atoms with E-state index in [1.54, 1.807) is 0 Å². The van der Waals surface area contributed by atoms with Gasteiger partial charge in [-0.15, -0.1) is 0 Å². The number of oxazole rings is 1. The smallest absolute Gasteiger partial charge is 0.255 e. The predicted octanol–water partition coefficient (Wildman–Crippen LogP) is 7.93. The van der Waals surface area contributed by atoms with Crippen LogP contribution in [0.2, 0.25) is 0 Å². The molecule has 0 unspecified atom stereocenters. The van der Waals surface area contributed by atoms with Gasteiger partial charge in [-0.25, -0.2) is 4.98 Å². The molecule has 0 radical (unpaired) electrons. The molecule has 34 heavy (non-hydrogen) atoms. The van der Waals surface area contributed by atoms with Crippen molar-refractivity contribution < 1.29 is 9.21 Å². The van der Waals surface area contributed by atoms with Gasteiger partial charge in [0, 0.05) is 16.8 Å². The first kappa shape index (κ1) is 21.7. The Morgan fingerprint density at radius 2 is 1.59 bits per heavy atom. The normalized spacial score (nSPS) is 11.9. The van der Waals surface area contributed by atoms with Crippen molar-refractivity contribution in [1.82, 2.24) is 4.98 Å². The Kier molecular flexibility index (Phi) is 5.96. The highest BCUT2D eigenvalue weighted by molar-refractivity contribution is 6.04. The molecule has 1 heterocycles. The van der Waals surface area contributed by atoms with E-state index in [0.29, 0.717) is 23.1 Å². The molecule has 4 heteroatoms. The second-order valence-electron chi connectivity index (χ2n) is 8.53. The number of fused-ring (bicyclic) bond motifs is 1. The number of benzene rings is 4. The Hall–Kier alpha value is -4.18. The number of nitrogens with zero attached hydrogens (tertiary/aromatic N) is 1. The van der Waals surface area contributed by atoms with Crippen molar-refractivity contribution in [1.29, 1.82) is 0 Å². The Morgan fingerprint density at radius 1 is 0.853 bits per heavy atom. The zero-order valence-electron chi connectivity index (χ0n) is 19.3. The fraction of sp³-hybridized carbons (Fsp3) is 0.133. The van der Waals surface area contributed by atoms with Gasteiger partial charge >= 0.3 is 0 Å². The van der Waals surface area contributed by atoms with Crippen molar-refractivity contribution in [3.63, 3.8) is 0 Å². The minimum atomic E-state index is -0.160. The molecule has 0 saturated carbocycles. The third kappa shape index (κ3) is 4.48. The Balaban J connectivity index is 1.34. The number of hydrogen-bond donors (Lipinski definition) is 1. The quantitative estimate of drug-likeness (QED) is 0.288. The molecule has 5 aromatic rings. The Bertz CT molecular complexity index is 1440. The van der Waals surface area contributed by atoms with Gasteiger partial charge in [0.1, 0.15) is 5.52 Å². The first-order valence-electron chi connectivity index (χ1n) is 11.6. The van der Waals surface area contributed by atoms with Crippen molar-refractivity contribution in [3.05, 3.63) is 108 Å². The molecule has 168 valence electrons. The summed E-state index contributed by atoms with van der Waals surface area (Å²) < 4.78 is 6.00. The first-order chi connectivity index (χ1) is 16.6. The van der Waals surface area contributed by atoms with Crippen LogP contribution in [-0.2, 0) is 0 Å². The zero-order chi connectivity index (χ0) is 23.5. The molecule has 0 saturated heterocycles. The first-order valence-corrected chi connectivity index (χ1v) is 11.6. The molecule has 4 aromatic carbocycles. The van der Waals surface area contributed by atoms with Crippen LogP contribution in [0.5, 0.6) is 0 Å². The maximum absolute atomic E-state index is 12.8. The molecule has 0 fully saturated rings. The van der Waals surface area contributed by atoms with Crippen LogP contribution in [0.4, 0.5) is 5.69 Å². The van der Waals surface area contributed by atoms with Crippen LogP contribution in [0.3, 0.4) is 0 Å². The monoisotopic (exact) mass is 446 g/mol. The number of anilines is 1. The van der Waals surface area contributed by atoms with Gasteiger partial charge in [0.2, 0.25) is 5.89 Å². The van der Waals surface area contributed by atoms with E-state index >= 15 is 0 Å². The maximum atomic E-state index is 12.8. The van der Waals surface area contributed by atoms with Gasteiger partial charge in [-0.3, -0.25) is 4.79 Å². The van der Waals surface area contributed by atoms with Crippen molar-refractivity contribution in [2.75, 3.05) is 5.32 Å². The van der Waals surface area contributed by atoms with Crippen LogP contribution in [0, 0.1) is 0 Å². The summed E-state index contributed by atoms with van der Waals surface area (Å²) in [6.45, 7) is 4.39. The minimum Gasteiger partial charge on any atom is -0.436 e. The summed E-state index contributed by atoms with van der Waals surface area (Å²) in [5.74, 6) is 0.858. The largest absolute Gasteiger partial charge is 0.436 e. The van der Waals surface area contributed by atoms with E-state index in [2.05, 4.69) is 43.4 Å². The summed E-state index contributed by atoms with van der Waals surface area (Å²) in [6, 6.07) is 31.5. The summed E-state index contributed by atoms with van der Waals surface area (Å²) >= 11 is 0. The number of carbonyl (C=O) groups excluding carboxylic acids is 1. The van der Waals surface area contributed by atoms with Gasteiger partial charge in [0.25, 0.3) is 5.91 Å². The van der Waals surface area contributed by atoms with E-state index in [1.807, 2.05) is 72.8 Å².